The summed E-state index contributed by atoms with van der Waals surface area (Å²) in [5, 5.41) is 18.3. The second-order valence-electron chi connectivity index (χ2n) is 28.6. The molecule has 86 heavy (non-hydrogen) atoms. The van der Waals surface area contributed by atoms with Crippen molar-refractivity contribution in [2.45, 2.75) is 246 Å². The Morgan fingerprint density at radius 2 is 0.837 bits per heavy atom. The van der Waals surface area contributed by atoms with E-state index in [9.17, 15) is 47.9 Å². The first-order valence-electron chi connectivity index (χ1n) is 31.4. The first kappa shape index (κ1) is 70.3. The standard InChI is InChI=1S/C64H104N10O12/c1-39(71(15)59(83)85-63(9,10)11)51(75)69-49(61(3,4)5)57(81)73-34-24-32-47(73)55(79)67-45(41-26-19-17-20-27-41)37-65-53(77)43-30-23-31-44(36-43)54(78)66-38-46(42-28-21-18-22-29-42)68-56(80)48-33-25-35-74(48)58(82)50(62(6,7)8)70-52(76)40(2)72(16)60(84)86-64(12,13)14/h23,30-31,36,39-42,45-50H,17-22,24-29,32-35,37-38H2,1-16H3,(H,65,77)(H,66,78)(H,67,79)(H,68,80)(H,69,75)(H,70,76)/t39-,40-,45+,46+,47-,48?,49+,50+/m0/s1. The molecule has 0 radical (unpaired) electrons. The fourth-order valence-corrected chi connectivity index (χ4v) is 11.8. The van der Waals surface area contributed by atoms with E-state index in [1.165, 1.54) is 39.8 Å². The molecule has 0 bridgehead atoms. The van der Waals surface area contributed by atoms with Crippen LogP contribution in [0.3, 0.4) is 0 Å². The second kappa shape index (κ2) is 29.9. The first-order chi connectivity index (χ1) is 40.0. The van der Waals surface area contributed by atoms with Crippen molar-refractivity contribution < 1.29 is 57.4 Å². The van der Waals surface area contributed by atoms with Gasteiger partial charge in [-0.3, -0.25) is 48.2 Å². The number of carbonyl (C=O) groups is 10. The van der Waals surface area contributed by atoms with Gasteiger partial charge in [-0.1, -0.05) is 86.1 Å². The smallest absolute Gasteiger partial charge is 0.410 e. The van der Waals surface area contributed by atoms with Gasteiger partial charge in [0.2, 0.25) is 35.4 Å². The molecule has 4 aliphatic rings. The maximum absolute atomic E-state index is 14.5. The van der Waals surface area contributed by atoms with Crippen molar-refractivity contribution in [3.05, 3.63) is 35.4 Å². The zero-order valence-corrected chi connectivity index (χ0v) is 54.5. The summed E-state index contributed by atoms with van der Waals surface area (Å²) < 4.78 is 10.9. The van der Waals surface area contributed by atoms with Gasteiger partial charge < -0.3 is 51.2 Å². The summed E-state index contributed by atoms with van der Waals surface area (Å²) in [5.41, 5.74) is -2.62. The van der Waals surface area contributed by atoms with E-state index >= 15 is 0 Å². The van der Waals surface area contributed by atoms with Crippen molar-refractivity contribution >= 4 is 59.4 Å². The van der Waals surface area contributed by atoms with E-state index in [0.29, 0.717) is 38.8 Å². The molecule has 2 heterocycles. The van der Waals surface area contributed by atoms with Gasteiger partial charge in [-0.05, 0) is 148 Å². The van der Waals surface area contributed by atoms with Gasteiger partial charge in [0.1, 0.15) is 47.5 Å². The lowest BCUT2D eigenvalue weighted by Gasteiger charge is -2.37. The van der Waals surface area contributed by atoms with Gasteiger partial charge in [0.25, 0.3) is 11.8 Å². The number of likely N-dealkylation sites (N-methyl/N-ethyl adjacent to an activating group) is 2. The molecule has 2 aliphatic heterocycles. The molecule has 22 heteroatoms. The highest BCUT2D eigenvalue weighted by atomic mass is 16.6. The van der Waals surface area contributed by atoms with Crippen LogP contribution in [0.25, 0.3) is 0 Å². The summed E-state index contributed by atoms with van der Waals surface area (Å²) in [6.45, 7) is 25.3. The third kappa shape index (κ3) is 19.8. The van der Waals surface area contributed by atoms with Crippen molar-refractivity contribution in [1.82, 2.24) is 51.5 Å². The number of benzene rings is 1. The second-order valence-corrected chi connectivity index (χ2v) is 28.6. The Morgan fingerprint density at radius 1 is 0.500 bits per heavy atom. The Labute approximate surface area is 511 Å². The van der Waals surface area contributed by atoms with Crippen LogP contribution in [0.1, 0.15) is 208 Å². The van der Waals surface area contributed by atoms with Crippen LogP contribution < -0.4 is 31.9 Å². The molecule has 0 spiro atoms. The van der Waals surface area contributed by atoms with E-state index < -0.39 is 118 Å². The number of hydrogen-bond acceptors (Lipinski definition) is 12. The summed E-state index contributed by atoms with van der Waals surface area (Å²) in [6, 6.07) is -0.181. The molecule has 2 saturated heterocycles. The van der Waals surface area contributed by atoms with Crippen molar-refractivity contribution in [3.63, 3.8) is 0 Å². The number of hydrogen-bond donors (Lipinski definition) is 6. The lowest BCUT2D eigenvalue weighted by atomic mass is 9.83. The highest BCUT2D eigenvalue weighted by molar-refractivity contribution is 6.00. The molecular formula is C64H104N10O12. The van der Waals surface area contributed by atoms with Crippen LogP contribution in [-0.2, 0) is 38.2 Å². The predicted octanol–water partition coefficient (Wildman–Crippen LogP) is 6.83. The number of nitrogens with zero attached hydrogens (tertiary/aromatic N) is 4. The molecule has 1 aromatic carbocycles. The number of ether oxygens (including phenoxy) is 2. The van der Waals surface area contributed by atoms with E-state index in [4.69, 9.17) is 9.47 Å². The van der Waals surface area contributed by atoms with Crippen LogP contribution in [-0.4, -0.2) is 179 Å². The summed E-state index contributed by atoms with van der Waals surface area (Å²) >= 11 is 0. The summed E-state index contributed by atoms with van der Waals surface area (Å²) in [5.74, 6) is -3.38. The normalized spacial score (nSPS) is 20.2. The van der Waals surface area contributed by atoms with Crippen LogP contribution in [0.4, 0.5) is 9.59 Å². The third-order valence-corrected chi connectivity index (χ3v) is 17.2. The van der Waals surface area contributed by atoms with E-state index in [-0.39, 0.29) is 47.9 Å². The summed E-state index contributed by atoms with van der Waals surface area (Å²) in [4.78, 5) is 144. The molecule has 1 unspecified atom stereocenters. The minimum absolute atomic E-state index is 0.0542. The van der Waals surface area contributed by atoms with E-state index in [2.05, 4.69) is 31.9 Å². The highest BCUT2D eigenvalue weighted by Crippen LogP contribution is 2.32. The van der Waals surface area contributed by atoms with Gasteiger partial charge in [-0.2, -0.15) is 0 Å². The molecule has 2 aliphatic carbocycles. The van der Waals surface area contributed by atoms with Gasteiger partial charge >= 0.3 is 12.2 Å². The average molecular weight is 1210 g/mol. The predicted molar refractivity (Wildman–Crippen MR) is 327 cm³/mol. The molecule has 22 nitrogen and oxygen atoms in total. The van der Waals surface area contributed by atoms with Crippen molar-refractivity contribution in [2.24, 2.45) is 22.7 Å². The van der Waals surface area contributed by atoms with Gasteiger partial charge in [-0.25, -0.2) is 9.59 Å². The molecular weight excluding hydrogens is 1100 g/mol. The molecule has 2 saturated carbocycles. The Morgan fingerprint density at radius 3 is 1.15 bits per heavy atom. The lowest BCUT2D eigenvalue weighted by molar-refractivity contribution is -0.144. The Hall–Kier alpha value is -6.48. The average Bonchev–Trinajstić information content (AvgIpc) is 3.23. The van der Waals surface area contributed by atoms with Gasteiger partial charge in [0.15, 0.2) is 0 Å². The number of carbonyl (C=O) groups excluding carboxylic acids is 10. The summed E-state index contributed by atoms with van der Waals surface area (Å²) in [6.07, 6.45) is 9.92. The Kier molecular flexibility index (Phi) is 24.5. The van der Waals surface area contributed by atoms with Crippen LogP contribution >= 0.6 is 0 Å². The minimum atomic E-state index is -1.02. The summed E-state index contributed by atoms with van der Waals surface area (Å²) in [7, 11) is 2.92. The third-order valence-electron chi connectivity index (χ3n) is 17.2. The van der Waals surface area contributed by atoms with Crippen molar-refractivity contribution in [2.75, 3.05) is 40.3 Å². The first-order valence-corrected chi connectivity index (χ1v) is 31.4. The monoisotopic (exact) mass is 1200 g/mol. The Balaban J connectivity index is 1.23. The molecule has 482 valence electrons. The molecule has 1 aromatic rings. The molecule has 6 N–H and O–H groups in total. The fourth-order valence-electron chi connectivity index (χ4n) is 11.8. The van der Waals surface area contributed by atoms with E-state index in [0.717, 1.165) is 64.2 Å². The highest BCUT2D eigenvalue weighted by Gasteiger charge is 2.46. The number of likely N-dealkylation sites (tertiary alicyclic amines) is 2. The SMILES string of the molecule is C[C@@H](C(=O)N[C@H](C(=O)N1CCCC1C(=O)N[C@H](CNC(=O)c1cccc(C(=O)NC[C@@H](NC(=O)[C@@H]2CCCN2C(=O)[C@@H](NC(=O)[C@H](C)N(C)C(=O)OC(C)(C)C)C(C)(C)C)C2CCCCC2)c1)C1CCCCC1)C(C)(C)C)N(C)C(=O)OC(C)(C)C. The van der Waals surface area contributed by atoms with Crippen LogP contribution in [0.2, 0.25) is 0 Å². The van der Waals surface area contributed by atoms with Gasteiger partial charge in [0, 0.05) is 63.5 Å². The molecule has 10 amide bonds. The van der Waals surface area contributed by atoms with Crippen LogP contribution in [0, 0.1) is 22.7 Å². The number of nitrogens with one attached hydrogen (secondary N) is 6. The molecule has 5 rings (SSSR count). The topological polar surface area (TPSA) is 274 Å². The minimum Gasteiger partial charge on any atom is -0.444 e. The van der Waals surface area contributed by atoms with Crippen LogP contribution in [0.5, 0.6) is 0 Å². The fraction of sp³-hybridized carbons (Fsp3) is 0.750. The quantitative estimate of drug-likeness (QED) is 0.0784. The maximum atomic E-state index is 14.5. The number of amides is 10. The molecule has 8 atom stereocenters. The van der Waals surface area contributed by atoms with Gasteiger partial charge in [-0.15, -0.1) is 0 Å². The van der Waals surface area contributed by atoms with E-state index in [1.807, 2.05) is 41.5 Å². The van der Waals surface area contributed by atoms with Crippen molar-refractivity contribution in [1.29, 1.82) is 0 Å². The van der Waals surface area contributed by atoms with Gasteiger partial charge in [0.05, 0.1) is 0 Å². The van der Waals surface area contributed by atoms with Crippen LogP contribution in [0.15, 0.2) is 24.3 Å². The van der Waals surface area contributed by atoms with E-state index in [1.54, 1.807) is 73.6 Å². The molecule has 0 aromatic heterocycles. The Bertz CT molecular complexity index is 2400. The van der Waals surface area contributed by atoms with Crippen molar-refractivity contribution in [3.8, 4) is 0 Å². The lowest BCUT2D eigenvalue weighted by Crippen LogP contribution is -2.61. The maximum Gasteiger partial charge on any atom is 0.410 e. The largest absolute Gasteiger partial charge is 0.444 e. The zero-order chi connectivity index (χ0) is 64.2. The number of rotatable bonds is 20. The molecule has 4 fully saturated rings. The zero-order valence-electron chi connectivity index (χ0n) is 54.5.